The van der Waals surface area contributed by atoms with Crippen molar-refractivity contribution in [3.05, 3.63) is 76.6 Å². The van der Waals surface area contributed by atoms with Crippen LogP contribution in [-0.2, 0) is 11.3 Å². The fraction of sp³-hybridized carbons (Fsp3) is 0.318. The van der Waals surface area contributed by atoms with Crippen LogP contribution >= 0.6 is 23.4 Å². The summed E-state index contributed by atoms with van der Waals surface area (Å²) in [4.78, 5) is 12.5. The molecule has 1 aromatic heterocycles. The first-order valence-electron chi connectivity index (χ1n) is 9.75. The second-order valence-electron chi connectivity index (χ2n) is 7.32. The zero-order valence-corrected chi connectivity index (χ0v) is 17.8. The quantitative estimate of drug-likeness (QED) is 0.524. The molecule has 0 unspecified atom stereocenters. The predicted octanol–water partition coefficient (Wildman–Crippen LogP) is 4.83. The summed E-state index contributed by atoms with van der Waals surface area (Å²) in [5, 5.41) is 13.3. The summed E-state index contributed by atoms with van der Waals surface area (Å²) in [7, 11) is 0. The highest BCUT2D eigenvalue weighted by Gasteiger charge is 2.30. The van der Waals surface area contributed by atoms with Gasteiger partial charge in [0.05, 0.1) is 18.3 Å². The van der Waals surface area contributed by atoms with E-state index in [2.05, 4.69) is 32.2 Å². The number of nitrogens with one attached hydrogen (secondary N) is 1. The number of aromatic nitrogens is 3. The van der Waals surface area contributed by atoms with Gasteiger partial charge in [0.15, 0.2) is 5.16 Å². The molecule has 29 heavy (non-hydrogen) atoms. The lowest BCUT2D eigenvalue weighted by Crippen LogP contribution is -2.28. The Morgan fingerprint density at radius 3 is 2.59 bits per heavy atom. The molecule has 1 fully saturated rings. The molecule has 0 bridgehead atoms. The second-order valence-corrected chi connectivity index (χ2v) is 8.70. The molecule has 0 aliphatic heterocycles. The van der Waals surface area contributed by atoms with Gasteiger partial charge in [-0.3, -0.25) is 4.79 Å². The smallest absolute Gasteiger partial charge is 0.230 e. The molecule has 7 heteroatoms. The molecule has 3 aromatic rings. The lowest BCUT2D eigenvalue weighted by molar-refractivity contribution is -0.119. The molecule has 1 saturated carbocycles. The van der Waals surface area contributed by atoms with Crippen LogP contribution in [0.3, 0.4) is 0 Å². The molecule has 0 spiro atoms. The van der Waals surface area contributed by atoms with Crippen LogP contribution in [0.25, 0.3) is 0 Å². The summed E-state index contributed by atoms with van der Waals surface area (Å²) < 4.78 is 2.16. The number of halogens is 1. The van der Waals surface area contributed by atoms with Crippen LogP contribution in [0.2, 0.25) is 5.02 Å². The largest absolute Gasteiger partial charge is 0.349 e. The average molecular weight is 427 g/mol. The molecule has 1 atom stereocenters. The van der Waals surface area contributed by atoms with Crippen LogP contribution < -0.4 is 5.32 Å². The van der Waals surface area contributed by atoms with Gasteiger partial charge in [-0.05, 0) is 43.0 Å². The normalized spacial score (nSPS) is 14.6. The third kappa shape index (κ3) is 5.19. The standard InChI is InChI=1S/C22H23ClN4OS/c1-15(17-9-11-19(23)12-10-17)24-20(28)14-29-22-26-25-21(18-7-8-18)27(22)13-16-5-3-2-4-6-16/h2-6,9-12,15,18H,7-8,13-14H2,1H3,(H,24,28)/t15-/m0/s1. The Bertz CT molecular complexity index is 970. The average Bonchev–Trinajstić information content (AvgIpc) is 3.49. The van der Waals surface area contributed by atoms with Gasteiger partial charge < -0.3 is 9.88 Å². The molecular formula is C22H23ClN4OS. The summed E-state index contributed by atoms with van der Waals surface area (Å²) in [6, 6.07) is 17.7. The van der Waals surface area contributed by atoms with E-state index in [1.54, 1.807) is 0 Å². The number of carbonyl (C=O) groups is 1. The van der Waals surface area contributed by atoms with Crippen molar-refractivity contribution in [3.63, 3.8) is 0 Å². The van der Waals surface area contributed by atoms with E-state index in [0.29, 0.717) is 16.7 Å². The minimum atomic E-state index is -0.0791. The Morgan fingerprint density at radius 2 is 1.90 bits per heavy atom. The number of thioether (sulfide) groups is 1. The number of benzene rings is 2. The Hall–Kier alpha value is -2.31. The monoisotopic (exact) mass is 426 g/mol. The molecule has 1 heterocycles. The zero-order valence-electron chi connectivity index (χ0n) is 16.2. The highest BCUT2D eigenvalue weighted by molar-refractivity contribution is 7.99. The number of carbonyl (C=O) groups excluding carboxylic acids is 1. The minimum Gasteiger partial charge on any atom is -0.349 e. The van der Waals surface area contributed by atoms with Gasteiger partial charge in [0, 0.05) is 10.9 Å². The van der Waals surface area contributed by atoms with Crippen molar-refractivity contribution in [1.82, 2.24) is 20.1 Å². The maximum Gasteiger partial charge on any atom is 0.230 e. The van der Waals surface area contributed by atoms with E-state index in [4.69, 9.17) is 11.6 Å². The Balaban J connectivity index is 1.40. The third-order valence-electron chi connectivity index (χ3n) is 4.95. The van der Waals surface area contributed by atoms with Crippen molar-refractivity contribution in [3.8, 4) is 0 Å². The van der Waals surface area contributed by atoms with Crippen molar-refractivity contribution in [2.75, 3.05) is 5.75 Å². The van der Waals surface area contributed by atoms with E-state index in [0.717, 1.165) is 35.9 Å². The highest BCUT2D eigenvalue weighted by Crippen LogP contribution is 2.40. The van der Waals surface area contributed by atoms with Crippen LogP contribution in [-0.4, -0.2) is 26.4 Å². The topological polar surface area (TPSA) is 59.8 Å². The van der Waals surface area contributed by atoms with Crippen molar-refractivity contribution in [2.45, 2.75) is 43.4 Å². The molecule has 1 amide bonds. The van der Waals surface area contributed by atoms with Gasteiger partial charge >= 0.3 is 0 Å². The van der Waals surface area contributed by atoms with Crippen LogP contribution in [0.1, 0.15) is 48.7 Å². The zero-order chi connectivity index (χ0) is 20.2. The fourth-order valence-corrected chi connectivity index (χ4v) is 4.09. The molecule has 0 radical (unpaired) electrons. The van der Waals surface area contributed by atoms with Gasteiger partial charge in [-0.15, -0.1) is 10.2 Å². The van der Waals surface area contributed by atoms with Gasteiger partial charge in [-0.2, -0.15) is 0 Å². The summed E-state index contributed by atoms with van der Waals surface area (Å²) in [5.41, 5.74) is 2.23. The first kappa shape index (κ1) is 20.0. The van der Waals surface area contributed by atoms with Crippen molar-refractivity contribution >= 4 is 29.3 Å². The van der Waals surface area contributed by atoms with E-state index >= 15 is 0 Å². The van der Waals surface area contributed by atoms with Gasteiger partial charge in [0.1, 0.15) is 5.82 Å². The SMILES string of the molecule is C[C@H](NC(=O)CSc1nnc(C2CC2)n1Cc1ccccc1)c1ccc(Cl)cc1. The molecule has 4 rings (SSSR count). The lowest BCUT2D eigenvalue weighted by atomic mass is 10.1. The Labute approximate surface area is 179 Å². The number of amides is 1. The predicted molar refractivity (Wildman–Crippen MR) is 116 cm³/mol. The summed E-state index contributed by atoms with van der Waals surface area (Å²) >= 11 is 7.37. The molecule has 0 saturated heterocycles. The van der Waals surface area contributed by atoms with Crippen molar-refractivity contribution < 1.29 is 4.79 Å². The number of rotatable bonds is 8. The molecule has 2 aromatic carbocycles. The van der Waals surface area contributed by atoms with Crippen LogP contribution in [0.5, 0.6) is 0 Å². The molecule has 150 valence electrons. The van der Waals surface area contributed by atoms with Crippen LogP contribution in [0, 0.1) is 0 Å². The first-order chi connectivity index (χ1) is 14.1. The van der Waals surface area contributed by atoms with Gasteiger partial charge in [0.2, 0.25) is 5.91 Å². The number of nitrogens with zero attached hydrogens (tertiary/aromatic N) is 3. The summed E-state index contributed by atoms with van der Waals surface area (Å²) in [5.74, 6) is 1.81. The van der Waals surface area contributed by atoms with Crippen LogP contribution in [0.4, 0.5) is 0 Å². The fourth-order valence-electron chi connectivity index (χ4n) is 3.21. The Kier molecular flexibility index (Phi) is 6.21. The molecule has 1 N–H and O–H groups in total. The van der Waals surface area contributed by atoms with E-state index in [1.165, 1.54) is 17.3 Å². The van der Waals surface area contributed by atoms with E-state index < -0.39 is 0 Å². The molecule has 1 aliphatic rings. The van der Waals surface area contributed by atoms with E-state index in [-0.39, 0.29) is 11.9 Å². The second kappa shape index (κ2) is 9.01. The molecule has 1 aliphatic carbocycles. The summed E-state index contributed by atoms with van der Waals surface area (Å²) in [6.07, 6.45) is 2.33. The number of hydrogen-bond donors (Lipinski definition) is 1. The maximum atomic E-state index is 12.5. The van der Waals surface area contributed by atoms with Crippen molar-refractivity contribution in [1.29, 1.82) is 0 Å². The van der Waals surface area contributed by atoms with Gasteiger partial charge in [-0.25, -0.2) is 0 Å². The van der Waals surface area contributed by atoms with Crippen molar-refractivity contribution in [2.24, 2.45) is 0 Å². The molecule has 5 nitrogen and oxygen atoms in total. The highest BCUT2D eigenvalue weighted by atomic mass is 35.5. The maximum absolute atomic E-state index is 12.5. The third-order valence-corrected chi connectivity index (χ3v) is 6.17. The summed E-state index contributed by atoms with van der Waals surface area (Å²) in [6.45, 7) is 2.69. The van der Waals surface area contributed by atoms with Gasteiger partial charge in [0.25, 0.3) is 0 Å². The molecular weight excluding hydrogens is 404 g/mol. The van der Waals surface area contributed by atoms with Gasteiger partial charge in [-0.1, -0.05) is 65.8 Å². The lowest BCUT2D eigenvalue weighted by Gasteiger charge is -2.14. The number of hydrogen-bond acceptors (Lipinski definition) is 4. The van der Waals surface area contributed by atoms with Crippen LogP contribution in [0.15, 0.2) is 59.8 Å². The first-order valence-corrected chi connectivity index (χ1v) is 11.1. The van der Waals surface area contributed by atoms with E-state index in [1.807, 2.05) is 49.4 Å². The Morgan fingerprint density at radius 1 is 1.17 bits per heavy atom. The van der Waals surface area contributed by atoms with E-state index in [9.17, 15) is 4.79 Å². The minimum absolute atomic E-state index is 0.0281.